The van der Waals surface area contributed by atoms with E-state index in [-0.39, 0.29) is 6.04 Å². The molecule has 1 unspecified atom stereocenters. The van der Waals surface area contributed by atoms with Crippen LogP contribution in [0.25, 0.3) is 0 Å². The summed E-state index contributed by atoms with van der Waals surface area (Å²) in [5.41, 5.74) is 15.1. The third kappa shape index (κ3) is 3.22. The second kappa shape index (κ2) is 5.14. The van der Waals surface area contributed by atoms with E-state index in [0.29, 0.717) is 6.54 Å². The van der Waals surface area contributed by atoms with Crippen LogP contribution in [0, 0.1) is 13.8 Å². The van der Waals surface area contributed by atoms with Gasteiger partial charge in [-0.15, -0.1) is 0 Å². The molecule has 0 bridgehead atoms. The Bertz CT molecular complexity index is 323. The minimum Gasteiger partial charge on any atom is -0.373 e. The van der Waals surface area contributed by atoms with Crippen molar-refractivity contribution in [3.63, 3.8) is 0 Å². The smallest absolute Gasteiger partial charge is 0.0394 e. The summed E-state index contributed by atoms with van der Waals surface area (Å²) < 4.78 is 0. The van der Waals surface area contributed by atoms with Crippen molar-refractivity contribution < 1.29 is 0 Å². The van der Waals surface area contributed by atoms with E-state index in [1.54, 1.807) is 0 Å². The highest BCUT2D eigenvalue weighted by Gasteiger charge is 2.08. The van der Waals surface area contributed by atoms with Crippen LogP contribution in [0.3, 0.4) is 0 Å². The molecule has 0 saturated heterocycles. The maximum atomic E-state index is 5.82. The minimum atomic E-state index is 0.0377. The van der Waals surface area contributed by atoms with Gasteiger partial charge in [0.05, 0.1) is 0 Å². The Hall–Kier alpha value is -1.06. The zero-order chi connectivity index (χ0) is 11.4. The summed E-state index contributed by atoms with van der Waals surface area (Å²) >= 11 is 0. The summed E-state index contributed by atoms with van der Waals surface area (Å²) in [5.74, 6) is 0. The van der Waals surface area contributed by atoms with Gasteiger partial charge in [0.1, 0.15) is 0 Å². The quantitative estimate of drug-likeness (QED) is 0.775. The van der Waals surface area contributed by atoms with Crippen LogP contribution in [0.2, 0.25) is 0 Å². The molecule has 0 aliphatic carbocycles. The third-order valence-electron chi connectivity index (χ3n) is 2.57. The number of nitrogens with two attached hydrogens (primary N) is 2. The van der Waals surface area contributed by atoms with Gasteiger partial charge < -0.3 is 16.4 Å². The van der Waals surface area contributed by atoms with Crippen molar-refractivity contribution in [2.24, 2.45) is 11.5 Å². The Labute approximate surface area is 92.1 Å². The van der Waals surface area contributed by atoms with Crippen LogP contribution in [-0.4, -0.2) is 26.2 Å². The number of anilines is 1. The first kappa shape index (κ1) is 12.0. The standard InChI is InChI=1S/C12H21N3/c1-9-4-5-12(10(2)6-9)15(3)8-11(14)7-13/h4-6,11H,7-8,13-14H2,1-3H3. The molecule has 4 N–H and O–H groups in total. The lowest BCUT2D eigenvalue weighted by Gasteiger charge is -2.24. The second-order valence-corrected chi connectivity index (χ2v) is 4.17. The molecule has 0 amide bonds. The van der Waals surface area contributed by atoms with E-state index in [1.807, 2.05) is 7.05 Å². The van der Waals surface area contributed by atoms with Crippen LogP contribution in [0.15, 0.2) is 18.2 Å². The molecule has 15 heavy (non-hydrogen) atoms. The van der Waals surface area contributed by atoms with Gasteiger partial charge in [-0.2, -0.15) is 0 Å². The monoisotopic (exact) mass is 207 g/mol. The van der Waals surface area contributed by atoms with E-state index in [4.69, 9.17) is 11.5 Å². The second-order valence-electron chi connectivity index (χ2n) is 4.17. The molecule has 1 rings (SSSR count). The first-order valence-corrected chi connectivity index (χ1v) is 5.28. The summed E-state index contributed by atoms with van der Waals surface area (Å²) in [6.07, 6.45) is 0. The number of likely N-dealkylation sites (N-methyl/N-ethyl adjacent to an activating group) is 1. The van der Waals surface area contributed by atoms with Crippen molar-refractivity contribution in [1.82, 2.24) is 0 Å². The van der Waals surface area contributed by atoms with E-state index in [0.717, 1.165) is 6.54 Å². The van der Waals surface area contributed by atoms with Crippen LogP contribution < -0.4 is 16.4 Å². The molecular formula is C12H21N3. The first-order valence-electron chi connectivity index (χ1n) is 5.28. The molecule has 3 heteroatoms. The molecule has 0 fully saturated rings. The number of hydrogen-bond donors (Lipinski definition) is 2. The highest BCUT2D eigenvalue weighted by molar-refractivity contribution is 5.53. The molecule has 0 radical (unpaired) electrons. The van der Waals surface area contributed by atoms with Crippen molar-refractivity contribution in [2.75, 3.05) is 25.0 Å². The van der Waals surface area contributed by atoms with Crippen molar-refractivity contribution >= 4 is 5.69 Å². The molecule has 1 aromatic carbocycles. The van der Waals surface area contributed by atoms with Gasteiger partial charge in [-0.1, -0.05) is 17.7 Å². The van der Waals surface area contributed by atoms with Gasteiger partial charge >= 0.3 is 0 Å². The average Bonchev–Trinajstić information content (AvgIpc) is 2.17. The zero-order valence-corrected chi connectivity index (χ0v) is 9.83. The zero-order valence-electron chi connectivity index (χ0n) is 9.83. The summed E-state index contributed by atoms with van der Waals surface area (Å²) in [6, 6.07) is 6.47. The molecule has 1 atom stereocenters. The van der Waals surface area contributed by atoms with Crippen LogP contribution >= 0.6 is 0 Å². The summed E-state index contributed by atoms with van der Waals surface area (Å²) in [4.78, 5) is 2.16. The number of aryl methyl sites for hydroxylation is 2. The highest BCUT2D eigenvalue weighted by Crippen LogP contribution is 2.19. The molecular weight excluding hydrogens is 186 g/mol. The molecule has 0 saturated carbocycles. The molecule has 0 aromatic heterocycles. The molecule has 0 aliphatic heterocycles. The Morgan fingerprint density at radius 2 is 2.00 bits per heavy atom. The van der Waals surface area contributed by atoms with Crippen LogP contribution in [0.1, 0.15) is 11.1 Å². The molecule has 3 nitrogen and oxygen atoms in total. The third-order valence-corrected chi connectivity index (χ3v) is 2.57. The fourth-order valence-corrected chi connectivity index (χ4v) is 1.76. The highest BCUT2D eigenvalue weighted by atomic mass is 15.1. The van der Waals surface area contributed by atoms with Crippen LogP contribution in [0.4, 0.5) is 5.69 Å². The van der Waals surface area contributed by atoms with E-state index >= 15 is 0 Å². The SMILES string of the molecule is Cc1ccc(N(C)CC(N)CN)c(C)c1. The number of hydrogen-bond acceptors (Lipinski definition) is 3. The lowest BCUT2D eigenvalue weighted by Crippen LogP contribution is -2.40. The topological polar surface area (TPSA) is 55.3 Å². The average molecular weight is 207 g/mol. The minimum absolute atomic E-state index is 0.0377. The van der Waals surface area contributed by atoms with E-state index < -0.39 is 0 Å². The Morgan fingerprint density at radius 1 is 1.33 bits per heavy atom. The van der Waals surface area contributed by atoms with Crippen molar-refractivity contribution in [2.45, 2.75) is 19.9 Å². The van der Waals surface area contributed by atoms with Gasteiger partial charge in [0, 0.05) is 31.9 Å². The van der Waals surface area contributed by atoms with E-state index in [2.05, 4.69) is 36.9 Å². The van der Waals surface area contributed by atoms with Gasteiger partial charge in [-0.3, -0.25) is 0 Å². The summed E-state index contributed by atoms with van der Waals surface area (Å²) in [5, 5.41) is 0. The predicted molar refractivity (Wildman–Crippen MR) is 66.2 cm³/mol. The molecule has 1 aromatic rings. The van der Waals surface area contributed by atoms with Gasteiger partial charge in [0.15, 0.2) is 0 Å². The van der Waals surface area contributed by atoms with Gasteiger partial charge in [0.2, 0.25) is 0 Å². The fraction of sp³-hybridized carbons (Fsp3) is 0.500. The molecule has 0 aliphatic rings. The maximum absolute atomic E-state index is 5.82. The van der Waals surface area contributed by atoms with Crippen molar-refractivity contribution in [1.29, 1.82) is 0 Å². The van der Waals surface area contributed by atoms with Crippen LogP contribution in [0.5, 0.6) is 0 Å². The lowest BCUT2D eigenvalue weighted by atomic mass is 10.1. The Morgan fingerprint density at radius 3 is 2.53 bits per heavy atom. The molecule has 84 valence electrons. The normalized spacial score (nSPS) is 12.6. The number of nitrogens with zero attached hydrogens (tertiary/aromatic N) is 1. The Kier molecular flexibility index (Phi) is 4.12. The maximum Gasteiger partial charge on any atom is 0.0394 e. The molecule has 0 heterocycles. The van der Waals surface area contributed by atoms with Gasteiger partial charge in [0.25, 0.3) is 0 Å². The van der Waals surface area contributed by atoms with E-state index in [1.165, 1.54) is 16.8 Å². The first-order chi connectivity index (χ1) is 7.04. The number of benzene rings is 1. The Balaban J connectivity index is 2.77. The summed E-state index contributed by atoms with van der Waals surface area (Å²) in [7, 11) is 2.05. The lowest BCUT2D eigenvalue weighted by molar-refractivity contribution is 0.667. The summed E-state index contributed by atoms with van der Waals surface area (Å²) in [6.45, 7) is 5.53. The van der Waals surface area contributed by atoms with Gasteiger partial charge in [-0.05, 0) is 25.5 Å². The largest absolute Gasteiger partial charge is 0.373 e. The molecule has 0 spiro atoms. The van der Waals surface area contributed by atoms with Crippen molar-refractivity contribution in [3.8, 4) is 0 Å². The predicted octanol–water partition coefficient (Wildman–Crippen LogP) is 1.03. The van der Waals surface area contributed by atoms with Crippen LogP contribution in [-0.2, 0) is 0 Å². The van der Waals surface area contributed by atoms with Crippen molar-refractivity contribution in [3.05, 3.63) is 29.3 Å². The van der Waals surface area contributed by atoms with E-state index in [9.17, 15) is 0 Å². The number of rotatable bonds is 4. The van der Waals surface area contributed by atoms with Gasteiger partial charge in [-0.25, -0.2) is 0 Å². The fourth-order valence-electron chi connectivity index (χ4n) is 1.76.